The Hall–Kier alpha value is -0.570. The molecule has 0 aromatic carbocycles. The summed E-state index contributed by atoms with van der Waals surface area (Å²) in [6.07, 6.45) is 3.76. The van der Waals surface area contributed by atoms with Crippen molar-refractivity contribution >= 4 is 5.91 Å². The molecule has 80 valence electrons. The van der Waals surface area contributed by atoms with Crippen molar-refractivity contribution in [1.82, 2.24) is 10.2 Å². The van der Waals surface area contributed by atoms with Gasteiger partial charge in [-0.05, 0) is 25.2 Å². The first-order valence-corrected chi connectivity index (χ1v) is 5.66. The third-order valence-corrected chi connectivity index (χ3v) is 3.48. The Morgan fingerprint density at radius 3 is 2.57 bits per heavy atom. The van der Waals surface area contributed by atoms with E-state index < -0.39 is 0 Å². The van der Waals surface area contributed by atoms with Crippen LogP contribution in [0, 0.1) is 5.92 Å². The van der Waals surface area contributed by atoms with E-state index in [0.717, 1.165) is 31.5 Å². The number of hydrogen-bond acceptors (Lipinski definition) is 2. The van der Waals surface area contributed by atoms with Crippen molar-refractivity contribution in [3.05, 3.63) is 0 Å². The summed E-state index contributed by atoms with van der Waals surface area (Å²) >= 11 is 0. The van der Waals surface area contributed by atoms with Crippen LogP contribution in [0.2, 0.25) is 0 Å². The molecule has 2 aliphatic rings. The molecule has 3 heteroatoms. The van der Waals surface area contributed by atoms with Crippen LogP contribution in [0.5, 0.6) is 0 Å². The van der Waals surface area contributed by atoms with Gasteiger partial charge in [0.25, 0.3) is 0 Å². The summed E-state index contributed by atoms with van der Waals surface area (Å²) in [6, 6.07) is 1.28. The minimum absolute atomic E-state index is 0.219. The van der Waals surface area contributed by atoms with Crippen molar-refractivity contribution in [2.24, 2.45) is 5.92 Å². The lowest BCUT2D eigenvalue weighted by Crippen LogP contribution is -2.46. The molecule has 3 nitrogen and oxygen atoms in total. The Labute approximate surface area is 85.8 Å². The van der Waals surface area contributed by atoms with Gasteiger partial charge in [0, 0.05) is 32.1 Å². The molecule has 1 unspecified atom stereocenters. The molecule has 1 aliphatic carbocycles. The highest BCUT2D eigenvalue weighted by Gasteiger charge is 2.30. The van der Waals surface area contributed by atoms with Gasteiger partial charge in [0.2, 0.25) is 5.91 Å². The molecule has 1 atom stereocenters. The number of nitrogens with one attached hydrogen (secondary N) is 1. The van der Waals surface area contributed by atoms with Gasteiger partial charge in [-0.3, -0.25) is 4.79 Å². The lowest BCUT2D eigenvalue weighted by Gasteiger charge is -2.35. The number of carbonyl (C=O) groups is 1. The molecule has 14 heavy (non-hydrogen) atoms. The zero-order valence-electron chi connectivity index (χ0n) is 9.12. The van der Waals surface area contributed by atoms with Crippen LogP contribution in [0.4, 0.5) is 0 Å². The second-order valence-electron chi connectivity index (χ2n) is 4.89. The molecule has 1 aliphatic heterocycles. The normalized spacial score (nSPS) is 37.0. The number of nitrogens with zero attached hydrogens (tertiary/aromatic N) is 1. The Kier molecular flexibility index (Phi) is 2.77. The van der Waals surface area contributed by atoms with E-state index in [1.165, 1.54) is 12.8 Å². The molecule has 0 aromatic heterocycles. The maximum atomic E-state index is 11.1. The molecular formula is C11H20N2O. The van der Waals surface area contributed by atoms with Gasteiger partial charge < -0.3 is 10.2 Å². The van der Waals surface area contributed by atoms with Crippen molar-refractivity contribution < 1.29 is 4.79 Å². The summed E-state index contributed by atoms with van der Waals surface area (Å²) in [4.78, 5) is 13.1. The molecule has 2 fully saturated rings. The average molecular weight is 196 g/mol. The Balaban J connectivity index is 1.71. The molecule has 1 N–H and O–H groups in total. The number of carbonyl (C=O) groups excluding carboxylic acids is 1. The van der Waals surface area contributed by atoms with Crippen LogP contribution in [0.1, 0.15) is 33.1 Å². The molecule has 1 saturated heterocycles. The van der Waals surface area contributed by atoms with Gasteiger partial charge in [0.05, 0.1) is 0 Å². The Morgan fingerprint density at radius 2 is 2.07 bits per heavy atom. The van der Waals surface area contributed by atoms with Gasteiger partial charge in [0.15, 0.2) is 0 Å². The minimum atomic E-state index is 0.219. The monoisotopic (exact) mass is 196 g/mol. The maximum Gasteiger partial charge on any atom is 0.219 e. The third kappa shape index (κ3) is 2.08. The van der Waals surface area contributed by atoms with E-state index in [2.05, 4.69) is 12.2 Å². The summed E-state index contributed by atoms with van der Waals surface area (Å²) in [5.74, 6) is 1.12. The van der Waals surface area contributed by atoms with Crippen molar-refractivity contribution in [3.63, 3.8) is 0 Å². The highest BCUT2D eigenvalue weighted by molar-refractivity contribution is 5.73. The summed E-state index contributed by atoms with van der Waals surface area (Å²) < 4.78 is 0. The van der Waals surface area contributed by atoms with Crippen LogP contribution in [0.3, 0.4) is 0 Å². The minimum Gasteiger partial charge on any atom is -0.341 e. The zero-order chi connectivity index (χ0) is 10.1. The largest absolute Gasteiger partial charge is 0.341 e. The van der Waals surface area contributed by atoms with E-state index in [9.17, 15) is 4.79 Å². The van der Waals surface area contributed by atoms with Crippen LogP contribution >= 0.6 is 0 Å². The Bertz CT molecular complexity index is 223. The lowest BCUT2D eigenvalue weighted by atomic mass is 9.81. The van der Waals surface area contributed by atoms with E-state index >= 15 is 0 Å². The van der Waals surface area contributed by atoms with Crippen molar-refractivity contribution in [3.8, 4) is 0 Å². The number of hydrogen-bond donors (Lipinski definition) is 1. The van der Waals surface area contributed by atoms with E-state index in [0.29, 0.717) is 6.04 Å². The number of amides is 1. The van der Waals surface area contributed by atoms with Crippen LogP contribution < -0.4 is 5.32 Å². The average Bonchev–Trinajstić information content (AvgIpc) is 2.50. The summed E-state index contributed by atoms with van der Waals surface area (Å²) in [5, 5.41) is 3.64. The predicted octanol–water partition coefficient (Wildman–Crippen LogP) is 0.995. The lowest BCUT2D eigenvalue weighted by molar-refractivity contribution is -0.127. The molecule has 1 saturated carbocycles. The number of likely N-dealkylation sites (tertiary alicyclic amines) is 1. The van der Waals surface area contributed by atoms with Gasteiger partial charge in [0.1, 0.15) is 0 Å². The highest BCUT2D eigenvalue weighted by atomic mass is 16.2. The van der Waals surface area contributed by atoms with Crippen molar-refractivity contribution in [2.45, 2.75) is 45.2 Å². The van der Waals surface area contributed by atoms with Crippen molar-refractivity contribution in [1.29, 1.82) is 0 Å². The summed E-state index contributed by atoms with van der Waals surface area (Å²) in [7, 11) is 0. The van der Waals surface area contributed by atoms with E-state index in [1.54, 1.807) is 6.92 Å². The first kappa shape index (κ1) is 9.97. The van der Waals surface area contributed by atoms with E-state index in [1.807, 2.05) is 4.90 Å². The van der Waals surface area contributed by atoms with Crippen LogP contribution in [-0.4, -0.2) is 36.0 Å². The molecule has 0 spiro atoms. The van der Waals surface area contributed by atoms with Crippen molar-refractivity contribution in [2.75, 3.05) is 13.1 Å². The van der Waals surface area contributed by atoms with Gasteiger partial charge in [-0.25, -0.2) is 0 Å². The third-order valence-electron chi connectivity index (χ3n) is 3.48. The fraction of sp³-hybridized carbons (Fsp3) is 0.909. The molecule has 2 rings (SSSR count). The molecule has 0 aromatic rings. The molecule has 1 amide bonds. The van der Waals surface area contributed by atoms with Gasteiger partial charge in [-0.1, -0.05) is 6.92 Å². The van der Waals surface area contributed by atoms with Gasteiger partial charge >= 0.3 is 0 Å². The molecule has 1 heterocycles. The van der Waals surface area contributed by atoms with E-state index in [4.69, 9.17) is 0 Å². The van der Waals surface area contributed by atoms with Gasteiger partial charge in [-0.15, -0.1) is 0 Å². The zero-order valence-corrected chi connectivity index (χ0v) is 9.12. The fourth-order valence-corrected chi connectivity index (χ4v) is 2.55. The first-order valence-electron chi connectivity index (χ1n) is 5.66. The summed E-state index contributed by atoms with van der Waals surface area (Å²) in [6.45, 7) is 5.82. The van der Waals surface area contributed by atoms with E-state index in [-0.39, 0.29) is 5.91 Å². The van der Waals surface area contributed by atoms with Crippen LogP contribution in [-0.2, 0) is 4.79 Å². The molecule has 0 bridgehead atoms. The van der Waals surface area contributed by atoms with Gasteiger partial charge in [-0.2, -0.15) is 0 Å². The second-order valence-corrected chi connectivity index (χ2v) is 4.89. The second kappa shape index (κ2) is 3.89. The highest BCUT2D eigenvalue weighted by Crippen LogP contribution is 2.27. The maximum absolute atomic E-state index is 11.1. The standard InChI is InChI=1S/C11H20N2O/c1-8-5-11(6-8)12-10-3-4-13(7-10)9(2)14/h8,10-12H,3-7H2,1-2H3. The first-order chi connectivity index (χ1) is 6.65. The van der Waals surface area contributed by atoms with Crippen LogP contribution in [0.25, 0.3) is 0 Å². The molecule has 0 radical (unpaired) electrons. The predicted molar refractivity (Wildman–Crippen MR) is 56.0 cm³/mol. The SMILES string of the molecule is CC(=O)N1CCC(NC2CC(C)C2)C1. The summed E-state index contributed by atoms with van der Waals surface area (Å²) in [5.41, 5.74) is 0. The quantitative estimate of drug-likeness (QED) is 0.714. The fourth-order valence-electron chi connectivity index (χ4n) is 2.55. The van der Waals surface area contributed by atoms with Crippen LogP contribution in [0.15, 0.2) is 0 Å². The molecular weight excluding hydrogens is 176 g/mol. The Morgan fingerprint density at radius 1 is 1.36 bits per heavy atom. The number of rotatable bonds is 2. The topological polar surface area (TPSA) is 32.3 Å². The smallest absolute Gasteiger partial charge is 0.219 e.